The fourth-order valence-electron chi connectivity index (χ4n) is 4.27. The maximum Gasteiger partial charge on any atom is 0.251 e. The molecule has 30 heavy (non-hydrogen) atoms. The molecule has 1 N–H and O–H groups in total. The number of anilines is 1. The summed E-state index contributed by atoms with van der Waals surface area (Å²) in [7, 11) is 0. The van der Waals surface area contributed by atoms with Crippen molar-refractivity contribution in [3.05, 3.63) is 47.7 Å². The lowest BCUT2D eigenvalue weighted by molar-refractivity contribution is -0.119. The lowest BCUT2D eigenvalue weighted by Crippen LogP contribution is -2.36. The standard InChI is InChI=1S/C23H31N5O2/c29-22-11-17-28-21(10-13-25-28)27(22)18-19-6-8-20(9-7-19)23(30)24-12-5-16-26-14-3-1-2-4-15-26/h6-10,13H,1-5,11-12,14-18H2,(H,24,30). The lowest BCUT2D eigenvalue weighted by atomic mass is 10.1. The highest BCUT2D eigenvalue weighted by Crippen LogP contribution is 2.23. The summed E-state index contributed by atoms with van der Waals surface area (Å²) in [5, 5.41) is 7.29. The van der Waals surface area contributed by atoms with Gasteiger partial charge in [-0.2, -0.15) is 5.10 Å². The Labute approximate surface area is 178 Å². The number of carbonyl (C=O) groups excluding carboxylic acids is 2. The summed E-state index contributed by atoms with van der Waals surface area (Å²) in [6, 6.07) is 9.39. The summed E-state index contributed by atoms with van der Waals surface area (Å²) in [6.45, 7) is 5.26. The number of hydrogen-bond acceptors (Lipinski definition) is 4. The fraction of sp³-hybridized carbons (Fsp3) is 0.522. The average molecular weight is 410 g/mol. The van der Waals surface area contributed by atoms with Crippen LogP contribution in [0.25, 0.3) is 0 Å². The zero-order valence-electron chi connectivity index (χ0n) is 17.6. The van der Waals surface area contributed by atoms with E-state index in [4.69, 9.17) is 0 Å². The van der Waals surface area contributed by atoms with Crippen molar-refractivity contribution in [2.75, 3.05) is 31.1 Å². The molecule has 0 bridgehead atoms. The highest BCUT2D eigenvalue weighted by atomic mass is 16.2. The Morgan fingerprint density at radius 3 is 2.53 bits per heavy atom. The maximum absolute atomic E-state index is 12.4. The number of aromatic nitrogens is 2. The minimum Gasteiger partial charge on any atom is -0.352 e. The van der Waals surface area contributed by atoms with Crippen LogP contribution in [0, 0.1) is 0 Å². The van der Waals surface area contributed by atoms with Crippen LogP contribution in [-0.2, 0) is 17.9 Å². The number of carbonyl (C=O) groups is 2. The molecule has 2 aromatic rings. The van der Waals surface area contributed by atoms with E-state index in [9.17, 15) is 9.59 Å². The van der Waals surface area contributed by atoms with E-state index >= 15 is 0 Å². The van der Waals surface area contributed by atoms with Crippen molar-refractivity contribution in [3.63, 3.8) is 0 Å². The van der Waals surface area contributed by atoms with Crippen molar-refractivity contribution in [2.24, 2.45) is 0 Å². The summed E-state index contributed by atoms with van der Waals surface area (Å²) >= 11 is 0. The first-order chi connectivity index (χ1) is 14.7. The lowest BCUT2D eigenvalue weighted by Gasteiger charge is -2.27. The average Bonchev–Trinajstić information content (AvgIpc) is 3.09. The van der Waals surface area contributed by atoms with Crippen molar-refractivity contribution in [1.29, 1.82) is 0 Å². The molecule has 1 saturated heterocycles. The molecule has 2 amide bonds. The third-order valence-corrected chi connectivity index (χ3v) is 6.00. The van der Waals surface area contributed by atoms with E-state index in [-0.39, 0.29) is 11.8 Å². The van der Waals surface area contributed by atoms with Gasteiger partial charge in [-0.1, -0.05) is 25.0 Å². The Morgan fingerprint density at radius 1 is 1.00 bits per heavy atom. The molecule has 0 saturated carbocycles. The molecule has 4 rings (SSSR count). The topological polar surface area (TPSA) is 70.5 Å². The Hall–Kier alpha value is -2.67. The molecular formula is C23H31N5O2. The molecule has 7 heteroatoms. The molecule has 0 unspecified atom stereocenters. The smallest absolute Gasteiger partial charge is 0.251 e. The van der Waals surface area contributed by atoms with Gasteiger partial charge in [0.1, 0.15) is 5.82 Å². The SMILES string of the molecule is O=C(NCCCN1CCCCCC1)c1ccc(CN2C(=O)CCn3nccc32)cc1. The van der Waals surface area contributed by atoms with Gasteiger partial charge in [0, 0.05) is 24.6 Å². The van der Waals surface area contributed by atoms with Gasteiger partial charge in [-0.15, -0.1) is 0 Å². The number of amides is 2. The molecule has 0 spiro atoms. The first-order valence-electron chi connectivity index (χ1n) is 11.1. The van der Waals surface area contributed by atoms with E-state index in [2.05, 4.69) is 15.3 Å². The van der Waals surface area contributed by atoms with E-state index in [0.717, 1.165) is 24.3 Å². The molecule has 0 atom stereocenters. The van der Waals surface area contributed by atoms with Crippen LogP contribution in [0.3, 0.4) is 0 Å². The monoisotopic (exact) mass is 409 g/mol. The number of likely N-dealkylation sites (tertiary alicyclic amines) is 1. The van der Waals surface area contributed by atoms with E-state index in [1.807, 2.05) is 35.0 Å². The molecule has 0 radical (unpaired) electrons. The molecular weight excluding hydrogens is 378 g/mol. The van der Waals surface area contributed by atoms with Crippen molar-refractivity contribution in [3.8, 4) is 0 Å². The van der Waals surface area contributed by atoms with Crippen molar-refractivity contribution >= 4 is 17.6 Å². The summed E-state index contributed by atoms with van der Waals surface area (Å²) in [5.74, 6) is 0.899. The minimum absolute atomic E-state index is 0.0375. The second-order valence-electron chi connectivity index (χ2n) is 8.20. The Bertz CT molecular complexity index is 853. The third kappa shape index (κ3) is 5.08. The third-order valence-electron chi connectivity index (χ3n) is 6.00. The second-order valence-corrected chi connectivity index (χ2v) is 8.20. The predicted molar refractivity (Wildman–Crippen MR) is 116 cm³/mol. The predicted octanol–water partition coefficient (Wildman–Crippen LogP) is 2.82. The van der Waals surface area contributed by atoms with Gasteiger partial charge in [0.25, 0.3) is 5.91 Å². The Morgan fingerprint density at radius 2 is 1.77 bits per heavy atom. The largest absolute Gasteiger partial charge is 0.352 e. The molecule has 0 aliphatic carbocycles. The Balaban J connectivity index is 1.25. The van der Waals surface area contributed by atoms with Gasteiger partial charge in [0.05, 0.1) is 19.3 Å². The molecule has 2 aliphatic rings. The van der Waals surface area contributed by atoms with Crippen LogP contribution in [-0.4, -0.2) is 52.7 Å². The van der Waals surface area contributed by atoms with E-state index < -0.39 is 0 Å². The van der Waals surface area contributed by atoms with Gasteiger partial charge >= 0.3 is 0 Å². The van der Waals surface area contributed by atoms with Crippen LogP contribution < -0.4 is 10.2 Å². The molecule has 1 aromatic carbocycles. The highest BCUT2D eigenvalue weighted by molar-refractivity contribution is 5.95. The normalized spacial score (nSPS) is 17.5. The summed E-state index contributed by atoms with van der Waals surface area (Å²) in [5.41, 5.74) is 1.65. The number of nitrogens with one attached hydrogen (secondary N) is 1. The van der Waals surface area contributed by atoms with Gasteiger partial charge < -0.3 is 10.2 Å². The van der Waals surface area contributed by atoms with E-state index in [1.54, 1.807) is 11.1 Å². The molecule has 7 nitrogen and oxygen atoms in total. The second kappa shape index (κ2) is 9.89. The highest BCUT2D eigenvalue weighted by Gasteiger charge is 2.24. The maximum atomic E-state index is 12.4. The number of aryl methyl sites for hydroxylation is 1. The molecule has 160 valence electrons. The van der Waals surface area contributed by atoms with Crippen LogP contribution in [0.2, 0.25) is 0 Å². The molecule has 1 fully saturated rings. The van der Waals surface area contributed by atoms with Gasteiger partial charge in [-0.05, 0) is 56.6 Å². The van der Waals surface area contributed by atoms with Crippen LogP contribution >= 0.6 is 0 Å². The Kier molecular flexibility index (Phi) is 6.79. The van der Waals surface area contributed by atoms with Crippen molar-refractivity contribution in [1.82, 2.24) is 20.0 Å². The van der Waals surface area contributed by atoms with E-state index in [0.29, 0.717) is 31.6 Å². The summed E-state index contributed by atoms with van der Waals surface area (Å²) in [6.07, 6.45) is 8.45. The van der Waals surface area contributed by atoms with Gasteiger partial charge in [-0.25, -0.2) is 4.68 Å². The quantitative estimate of drug-likeness (QED) is 0.714. The van der Waals surface area contributed by atoms with Crippen LogP contribution in [0.1, 0.15) is 54.4 Å². The first kappa shape index (κ1) is 20.6. The van der Waals surface area contributed by atoms with E-state index in [1.165, 1.54) is 38.8 Å². The zero-order valence-corrected chi connectivity index (χ0v) is 17.6. The number of benzene rings is 1. The van der Waals surface area contributed by atoms with Crippen molar-refractivity contribution in [2.45, 2.75) is 51.6 Å². The van der Waals surface area contributed by atoms with Gasteiger partial charge in [0.15, 0.2) is 0 Å². The number of nitrogens with zero attached hydrogens (tertiary/aromatic N) is 4. The minimum atomic E-state index is -0.0375. The molecule has 3 heterocycles. The number of fused-ring (bicyclic) bond motifs is 1. The van der Waals surface area contributed by atoms with Crippen LogP contribution in [0.5, 0.6) is 0 Å². The zero-order chi connectivity index (χ0) is 20.8. The first-order valence-corrected chi connectivity index (χ1v) is 11.1. The fourth-order valence-corrected chi connectivity index (χ4v) is 4.27. The van der Waals surface area contributed by atoms with Gasteiger partial charge in [0.2, 0.25) is 5.91 Å². The van der Waals surface area contributed by atoms with Crippen molar-refractivity contribution < 1.29 is 9.59 Å². The number of hydrogen-bond donors (Lipinski definition) is 1. The number of rotatable bonds is 7. The molecule has 2 aliphatic heterocycles. The summed E-state index contributed by atoms with van der Waals surface area (Å²) in [4.78, 5) is 29.0. The molecule has 1 aromatic heterocycles. The summed E-state index contributed by atoms with van der Waals surface area (Å²) < 4.78 is 1.86. The van der Waals surface area contributed by atoms with Crippen LogP contribution in [0.4, 0.5) is 5.82 Å². The van der Waals surface area contributed by atoms with Crippen LogP contribution in [0.15, 0.2) is 36.5 Å². The van der Waals surface area contributed by atoms with Gasteiger partial charge in [-0.3, -0.25) is 14.5 Å².